The Hall–Kier alpha value is -0.610. The molecule has 0 amide bonds. The lowest BCUT2D eigenvalue weighted by Gasteiger charge is -2.12. The van der Waals surface area contributed by atoms with Crippen LogP contribution in [0.25, 0.3) is 0 Å². The molecular weight excluding hydrogens is 272 g/mol. The summed E-state index contributed by atoms with van der Waals surface area (Å²) in [5.41, 5.74) is 7.85. The molecule has 1 aromatic rings. The average Bonchev–Trinajstić information content (AvgIpc) is 2.19. The second kappa shape index (κ2) is 5.47. The number of rotatable bonds is 4. The lowest BCUT2D eigenvalue weighted by molar-refractivity contribution is 0.821. The van der Waals surface area contributed by atoms with Crippen LogP contribution in [0.3, 0.4) is 0 Å². The molecule has 0 aliphatic carbocycles. The molecule has 0 aliphatic rings. The fourth-order valence-corrected chi connectivity index (χ4v) is 1.46. The van der Waals surface area contributed by atoms with E-state index in [-0.39, 0.29) is 5.92 Å². The van der Waals surface area contributed by atoms with Crippen molar-refractivity contribution >= 4 is 38.8 Å². The molecule has 0 aromatic heterocycles. The number of hydrogen-bond donors (Lipinski definition) is 2. The van der Waals surface area contributed by atoms with Gasteiger partial charge in [0.1, 0.15) is 0 Å². The van der Waals surface area contributed by atoms with Crippen LogP contribution >= 0.6 is 28.1 Å². The van der Waals surface area contributed by atoms with Crippen LogP contribution in [0.15, 0.2) is 22.7 Å². The number of aryl methyl sites for hydroxylation is 1. The molecule has 0 saturated carbocycles. The molecule has 82 valence electrons. The zero-order chi connectivity index (χ0) is 11.4. The third kappa shape index (κ3) is 3.80. The highest BCUT2D eigenvalue weighted by Gasteiger charge is 2.04. The molecule has 4 heteroatoms. The standard InChI is InChI=1S/C11H15BrN2S/c1-7-5-9(3-4-10(7)12)14-6-8(2)11(13)15/h3-5,8,14H,6H2,1-2H3,(H2,13,15). The van der Waals surface area contributed by atoms with Gasteiger partial charge in [0.25, 0.3) is 0 Å². The molecule has 0 heterocycles. The van der Waals surface area contributed by atoms with Crippen molar-refractivity contribution < 1.29 is 0 Å². The molecule has 15 heavy (non-hydrogen) atoms. The Balaban J connectivity index is 2.58. The summed E-state index contributed by atoms with van der Waals surface area (Å²) in [5.74, 6) is 0.212. The summed E-state index contributed by atoms with van der Waals surface area (Å²) in [6.07, 6.45) is 0. The first-order valence-corrected chi connectivity index (χ1v) is 6.00. The molecule has 0 spiro atoms. The number of nitrogens with one attached hydrogen (secondary N) is 1. The van der Waals surface area contributed by atoms with E-state index in [2.05, 4.69) is 34.2 Å². The first kappa shape index (κ1) is 12.5. The minimum Gasteiger partial charge on any atom is -0.393 e. The summed E-state index contributed by atoms with van der Waals surface area (Å²) in [7, 11) is 0. The van der Waals surface area contributed by atoms with Crippen molar-refractivity contribution in [1.82, 2.24) is 0 Å². The summed E-state index contributed by atoms with van der Waals surface area (Å²) in [6.45, 7) is 4.85. The maximum Gasteiger partial charge on any atom is 0.0773 e. The Morgan fingerprint density at radius 3 is 2.80 bits per heavy atom. The zero-order valence-electron chi connectivity index (χ0n) is 8.88. The van der Waals surface area contributed by atoms with Gasteiger partial charge in [0.2, 0.25) is 0 Å². The lowest BCUT2D eigenvalue weighted by atomic mass is 10.1. The Labute approximate surface area is 104 Å². The van der Waals surface area contributed by atoms with Crippen molar-refractivity contribution in [3.8, 4) is 0 Å². The van der Waals surface area contributed by atoms with E-state index in [0.29, 0.717) is 4.99 Å². The minimum atomic E-state index is 0.212. The van der Waals surface area contributed by atoms with Crippen LogP contribution in [0.1, 0.15) is 12.5 Å². The summed E-state index contributed by atoms with van der Waals surface area (Å²) in [4.78, 5) is 0.552. The third-order valence-electron chi connectivity index (χ3n) is 2.26. The molecule has 0 aliphatic heterocycles. The number of anilines is 1. The molecule has 0 saturated heterocycles. The first-order valence-electron chi connectivity index (χ1n) is 4.80. The van der Waals surface area contributed by atoms with E-state index in [1.807, 2.05) is 19.1 Å². The molecule has 2 nitrogen and oxygen atoms in total. The Bertz CT molecular complexity index is 366. The number of nitrogens with two attached hydrogens (primary N) is 1. The molecule has 0 fully saturated rings. The number of halogens is 1. The van der Waals surface area contributed by atoms with Gasteiger partial charge in [-0.3, -0.25) is 0 Å². The summed E-state index contributed by atoms with van der Waals surface area (Å²) >= 11 is 8.37. The topological polar surface area (TPSA) is 38.0 Å². The monoisotopic (exact) mass is 286 g/mol. The SMILES string of the molecule is Cc1cc(NCC(C)C(N)=S)ccc1Br. The summed E-state index contributed by atoms with van der Waals surface area (Å²) in [6, 6.07) is 6.16. The average molecular weight is 287 g/mol. The molecule has 1 rings (SSSR count). The van der Waals surface area contributed by atoms with Gasteiger partial charge in [0.15, 0.2) is 0 Å². The number of thiocarbonyl (C=S) groups is 1. The van der Waals surface area contributed by atoms with Gasteiger partial charge < -0.3 is 11.1 Å². The van der Waals surface area contributed by atoms with E-state index >= 15 is 0 Å². The van der Waals surface area contributed by atoms with Crippen molar-refractivity contribution in [1.29, 1.82) is 0 Å². The fraction of sp³-hybridized carbons (Fsp3) is 0.364. The largest absolute Gasteiger partial charge is 0.393 e. The van der Waals surface area contributed by atoms with Crippen LogP contribution in [-0.4, -0.2) is 11.5 Å². The highest BCUT2D eigenvalue weighted by atomic mass is 79.9. The van der Waals surface area contributed by atoms with E-state index in [4.69, 9.17) is 18.0 Å². The summed E-state index contributed by atoms with van der Waals surface area (Å²) < 4.78 is 1.12. The van der Waals surface area contributed by atoms with Crippen LogP contribution in [0.5, 0.6) is 0 Å². The molecule has 0 radical (unpaired) electrons. The minimum absolute atomic E-state index is 0.212. The highest BCUT2D eigenvalue weighted by Crippen LogP contribution is 2.20. The van der Waals surface area contributed by atoms with Crippen molar-refractivity contribution in [3.63, 3.8) is 0 Å². The van der Waals surface area contributed by atoms with Gasteiger partial charge in [-0.15, -0.1) is 0 Å². The first-order chi connectivity index (χ1) is 7.00. The maximum absolute atomic E-state index is 5.54. The quantitative estimate of drug-likeness (QED) is 0.836. The summed E-state index contributed by atoms with van der Waals surface area (Å²) in [5, 5.41) is 3.31. The predicted molar refractivity (Wildman–Crippen MR) is 73.3 cm³/mol. The zero-order valence-corrected chi connectivity index (χ0v) is 11.3. The molecular formula is C11H15BrN2S. The van der Waals surface area contributed by atoms with Crippen molar-refractivity contribution in [2.75, 3.05) is 11.9 Å². The Morgan fingerprint density at radius 1 is 1.60 bits per heavy atom. The molecule has 1 unspecified atom stereocenters. The maximum atomic E-state index is 5.54. The van der Waals surface area contributed by atoms with Gasteiger partial charge in [-0.25, -0.2) is 0 Å². The molecule has 3 N–H and O–H groups in total. The molecule has 1 aromatic carbocycles. The van der Waals surface area contributed by atoms with Crippen LogP contribution in [-0.2, 0) is 0 Å². The van der Waals surface area contributed by atoms with Gasteiger partial charge in [-0.2, -0.15) is 0 Å². The van der Waals surface area contributed by atoms with Crippen LogP contribution in [0.4, 0.5) is 5.69 Å². The van der Waals surface area contributed by atoms with E-state index in [1.165, 1.54) is 5.56 Å². The van der Waals surface area contributed by atoms with Gasteiger partial charge in [0, 0.05) is 22.6 Å². The normalized spacial score (nSPS) is 12.2. The van der Waals surface area contributed by atoms with E-state index in [1.54, 1.807) is 0 Å². The second-order valence-electron chi connectivity index (χ2n) is 3.65. The Morgan fingerprint density at radius 2 is 2.27 bits per heavy atom. The van der Waals surface area contributed by atoms with Crippen LogP contribution in [0.2, 0.25) is 0 Å². The fourth-order valence-electron chi connectivity index (χ4n) is 1.13. The van der Waals surface area contributed by atoms with Crippen LogP contribution < -0.4 is 11.1 Å². The van der Waals surface area contributed by atoms with Gasteiger partial charge in [-0.1, -0.05) is 35.1 Å². The van der Waals surface area contributed by atoms with Gasteiger partial charge in [0.05, 0.1) is 4.99 Å². The highest BCUT2D eigenvalue weighted by molar-refractivity contribution is 9.10. The van der Waals surface area contributed by atoms with E-state index in [9.17, 15) is 0 Å². The van der Waals surface area contributed by atoms with Crippen molar-refractivity contribution in [2.24, 2.45) is 11.7 Å². The van der Waals surface area contributed by atoms with E-state index < -0.39 is 0 Å². The molecule has 0 bridgehead atoms. The van der Waals surface area contributed by atoms with Crippen molar-refractivity contribution in [3.05, 3.63) is 28.2 Å². The van der Waals surface area contributed by atoms with E-state index in [0.717, 1.165) is 16.7 Å². The number of benzene rings is 1. The predicted octanol–water partition coefficient (Wildman–Crippen LogP) is 3.09. The lowest BCUT2D eigenvalue weighted by Crippen LogP contribution is -2.25. The smallest absolute Gasteiger partial charge is 0.0773 e. The van der Waals surface area contributed by atoms with Gasteiger partial charge in [-0.05, 0) is 30.7 Å². The van der Waals surface area contributed by atoms with Crippen molar-refractivity contribution in [2.45, 2.75) is 13.8 Å². The third-order valence-corrected chi connectivity index (χ3v) is 3.55. The Kier molecular flexibility index (Phi) is 4.54. The molecule has 1 atom stereocenters. The number of hydrogen-bond acceptors (Lipinski definition) is 2. The van der Waals surface area contributed by atoms with Gasteiger partial charge >= 0.3 is 0 Å². The van der Waals surface area contributed by atoms with Crippen LogP contribution in [0, 0.1) is 12.8 Å². The second-order valence-corrected chi connectivity index (χ2v) is 4.97.